The molecule has 0 aliphatic carbocycles. The van der Waals surface area contributed by atoms with Gasteiger partial charge in [0.25, 0.3) is 10.0 Å². The molecule has 5 rings (SSSR count). The molecule has 4 heterocycles. The summed E-state index contributed by atoms with van der Waals surface area (Å²) in [6.07, 6.45) is 5.81. The van der Waals surface area contributed by atoms with Crippen LogP contribution in [0.4, 0.5) is 5.95 Å². The molecule has 3 aromatic rings. The van der Waals surface area contributed by atoms with E-state index in [1.54, 1.807) is 24.1 Å². The number of carbonyl (C=O) groups excluding carboxylic acids is 1. The lowest BCUT2D eigenvalue weighted by molar-refractivity contribution is -0.133. The van der Waals surface area contributed by atoms with Crippen LogP contribution in [0.5, 0.6) is 0 Å². The first kappa shape index (κ1) is 25.2. The number of hydrogen-bond acceptors (Lipinski definition) is 7. The van der Waals surface area contributed by atoms with E-state index in [1.165, 1.54) is 16.1 Å². The van der Waals surface area contributed by atoms with Crippen LogP contribution in [-0.2, 0) is 21.4 Å². The molecular weight excluding hydrogens is 488 g/mol. The Balaban J connectivity index is 1.37. The number of anilines is 1. The van der Waals surface area contributed by atoms with Crippen LogP contribution in [0.1, 0.15) is 36.7 Å². The number of carbonyl (C=O) groups is 1. The van der Waals surface area contributed by atoms with Crippen molar-refractivity contribution in [2.24, 2.45) is 0 Å². The average molecular weight is 521 g/mol. The largest absolute Gasteiger partial charge is 0.341 e. The lowest BCUT2D eigenvalue weighted by atomic mass is 9.87. The minimum absolute atomic E-state index is 0.0495. The number of nitrogens with one attached hydrogen (secondary N) is 1. The number of aryl methyl sites for hydroxylation is 2. The Bertz CT molecular complexity index is 1500. The number of fused-ring (bicyclic) bond motifs is 1. The Hall–Kier alpha value is -3.50. The molecule has 10 heteroatoms. The molecule has 2 fully saturated rings. The molecule has 0 unspecified atom stereocenters. The van der Waals surface area contributed by atoms with Gasteiger partial charge in [-0.05, 0) is 57.4 Å². The zero-order valence-corrected chi connectivity index (χ0v) is 22.3. The number of piperidine rings is 1. The molecule has 194 valence electrons. The maximum absolute atomic E-state index is 13.6. The predicted octanol–water partition coefficient (Wildman–Crippen LogP) is 3.24. The maximum Gasteiger partial charge on any atom is 0.267 e. The molecule has 0 atom stereocenters. The van der Waals surface area contributed by atoms with E-state index in [9.17, 15) is 13.2 Å². The van der Waals surface area contributed by atoms with Crippen molar-refractivity contribution in [2.45, 2.75) is 45.7 Å². The van der Waals surface area contributed by atoms with E-state index in [-0.39, 0.29) is 10.8 Å². The number of nitrogens with zero attached hydrogens (tertiary/aromatic N) is 5. The SMILES string of the molecule is C=CC(=CC)S(=O)(=O)n1cc(CN2CNC3(CCN(c4nc(C)cc(C)n4)CC3)C2=O)c2ccccc21. The molecule has 0 radical (unpaired) electrons. The van der Waals surface area contributed by atoms with Crippen LogP contribution in [0.2, 0.25) is 0 Å². The Morgan fingerprint density at radius 1 is 1.16 bits per heavy atom. The van der Waals surface area contributed by atoms with E-state index in [2.05, 4.69) is 26.8 Å². The number of allylic oxidation sites excluding steroid dienone is 2. The Morgan fingerprint density at radius 3 is 2.49 bits per heavy atom. The van der Waals surface area contributed by atoms with Crippen molar-refractivity contribution in [3.8, 4) is 0 Å². The van der Waals surface area contributed by atoms with Crippen LogP contribution < -0.4 is 10.2 Å². The lowest BCUT2D eigenvalue weighted by Gasteiger charge is -2.37. The van der Waals surface area contributed by atoms with Gasteiger partial charge in [-0.25, -0.2) is 22.4 Å². The fraction of sp³-hybridized carbons (Fsp3) is 0.370. The molecule has 9 nitrogen and oxygen atoms in total. The van der Waals surface area contributed by atoms with Crippen LogP contribution in [0.15, 0.2) is 60.2 Å². The highest BCUT2D eigenvalue weighted by Crippen LogP contribution is 2.33. The number of para-hydroxylation sites is 1. The summed E-state index contributed by atoms with van der Waals surface area (Å²) < 4.78 is 27.8. The molecule has 2 saturated heterocycles. The summed E-state index contributed by atoms with van der Waals surface area (Å²) in [6.45, 7) is 11.3. The number of benzene rings is 1. The van der Waals surface area contributed by atoms with Gasteiger partial charge in [0.05, 0.1) is 17.1 Å². The summed E-state index contributed by atoms with van der Waals surface area (Å²) in [5.41, 5.74) is 2.60. The highest BCUT2D eigenvalue weighted by molar-refractivity contribution is 7.94. The zero-order valence-electron chi connectivity index (χ0n) is 21.4. The summed E-state index contributed by atoms with van der Waals surface area (Å²) in [5.74, 6) is 0.761. The first-order chi connectivity index (χ1) is 17.7. The molecule has 2 aromatic heterocycles. The average Bonchev–Trinajstić information content (AvgIpc) is 3.39. The van der Waals surface area contributed by atoms with Crippen LogP contribution in [0.3, 0.4) is 0 Å². The van der Waals surface area contributed by atoms with Gasteiger partial charge in [0.2, 0.25) is 11.9 Å². The summed E-state index contributed by atoms with van der Waals surface area (Å²) in [7, 11) is -3.80. The standard InChI is InChI=1S/C27H32N6O3S/c1-5-22(6-2)37(35,36)33-17-21(23-9-7-8-10-24(23)33)16-32-18-28-27(25(32)34)11-13-31(14-12-27)26-29-19(3)15-20(4)30-26/h5-10,15,17,28H,1,11-14,16,18H2,2-4H3. The fourth-order valence-corrected chi connectivity index (χ4v) is 6.81. The highest BCUT2D eigenvalue weighted by Gasteiger charge is 2.48. The van der Waals surface area contributed by atoms with Gasteiger partial charge in [-0.1, -0.05) is 30.9 Å². The Labute approximate surface area is 217 Å². The fourth-order valence-electron chi connectivity index (χ4n) is 5.39. The molecule has 0 saturated carbocycles. The summed E-state index contributed by atoms with van der Waals surface area (Å²) in [4.78, 5) is 26.9. The lowest BCUT2D eigenvalue weighted by Crippen LogP contribution is -2.55. The third kappa shape index (κ3) is 4.34. The smallest absolute Gasteiger partial charge is 0.267 e. The maximum atomic E-state index is 13.6. The second-order valence-electron chi connectivity index (χ2n) is 9.73. The molecule has 37 heavy (non-hydrogen) atoms. The zero-order chi connectivity index (χ0) is 26.4. The van der Waals surface area contributed by atoms with E-state index in [0.29, 0.717) is 50.6 Å². The van der Waals surface area contributed by atoms with Crippen LogP contribution in [0, 0.1) is 13.8 Å². The van der Waals surface area contributed by atoms with Crippen LogP contribution >= 0.6 is 0 Å². The predicted molar refractivity (Wildman–Crippen MR) is 144 cm³/mol. The van der Waals surface area contributed by atoms with Crippen molar-refractivity contribution in [3.63, 3.8) is 0 Å². The quantitative estimate of drug-likeness (QED) is 0.498. The van der Waals surface area contributed by atoms with Crippen molar-refractivity contribution in [1.82, 2.24) is 24.2 Å². The van der Waals surface area contributed by atoms with E-state index in [0.717, 1.165) is 22.3 Å². The Morgan fingerprint density at radius 2 is 1.84 bits per heavy atom. The monoisotopic (exact) mass is 520 g/mol. The van der Waals surface area contributed by atoms with Gasteiger partial charge >= 0.3 is 0 Å². The van der Waals surface area contributed by atoms with Crippen LogP contribution in [0.25, 0.3) is 10.9 Å². The summed E-state index contributed by atoms with van der Waals surface area (Å²) in [5, 5.41) is 4.28. The van der Waals surface area contributed by atoms with E-state index in [4.69, 9.17) is 0 Å². The second kappa shape index (κ2) is 9.42. The van der Waals surface area contributed by atoms with Crippen molar-refractivity contribution in [3.05, 3.63) is 77.1 Å². The van der Waals surface area contributed by atoms with Gasteiger partial charge in [-0.15, -0.1) is 0 Å². The molecule has 1 spiro atoms. The van der Waals surface area contributed by atoms with E-state index >= 15 is 0 Å². The van der Waals surface area contributed by atoms with Crippen molar-refractivity contribution < 1.29 is 13.2 Å². The van der Waals surface area contributed by atoms with Gasteiger partial charge in [-0.3, -0.25) is 10.1 Å². The topological polar surface area (TPSA) is 100 Å². The third-order valence-corrected chi connectivity index (χ3v) is 9.16. The van der Waals surface area contributed by atoms with Gasteiger partial charge in [-0.2, -0.15) is 0 Å². The molecule has 1 amide bonds. The molecule has 2 aliphatic rings. The normalized spacial score (nSPS) is 18.2. The van der Waals surface area contributed by atoms with E-state index < -0.39 is 15.6 Å². The highest BCUT2D eigenvalue weighted by atomic mass is 32.2. The minimum atomic E-state index is -3.80. The summed E-state index contributed by atoms with van der Waals surface area (Å²) >= 11 is 0. The number of hydrogen-bond donors (Lipinski definition) is 1. The first-order valence-corrected chi connectivity index (χ1v) is 13.9. The van der Waals surface area contributed by atoms with Gasteiger partial charge in [0.15, 0.2) is 0 Å². The van der Waals surface area contributed by atoms with Crippen molar-refractivity contribution >= 4 is 32.8 Å². The van der Waals surface area contributed by atoms with Crippen LogP contribution in [-0.4, -0.2) is 58.5 Å². The molecule has 1 N–H and O–H groups in total. The summed E-state index contributed by atoms with van der Waals surface area (Å²) in [6, 6.07) is 9.32. The number of rotatable bonds is 6. The van der Waals surface area contributed by atoms with Gasteiger partial charge < -0.3 is 9.80 Å². The number of amides is 1. The molecule has 1 aromatic carbocycles. The molecular formula is C27H32N6O3S. The van der Waals surface area contributed by atoms with Gasteiger partial charge in [0.1, 0.15) is 5.54 Å². The van der Waals surface area contributed by atoms with Crippen molar-refractivity contribution in [1.29, 1.82) is 0 Å². The van der Waals surface area contributed by atoms with E-state index in [1.807, 2.05) is 38.1 Å². The second-order valence-corrected chi connectivity index (χ2v) is 11.5. The molecule has 0 bridgehead atoms. The Kier molecular flexibility index (Phi) is 6.41. The van der Waals surface area contributed by atoms with Gasteiger partial charge in [0, 0.05) is 42.6 Å². The third-order valence-electron chi connectivity index (χ3n) is 7.34. The number of aromatic nitrogens is 3. The minimum Gasteiger partial charge on any atom is -0.341 e. The first-order valence-electron chi connectivity index (χ1n) is 12.4. The molecule has 2 aliphatic heterocycles. The van der Waals surface area contributed by atoms with Crippen molar-refractivity contribution in [2.75, 3.05) is 24.7 Å².